The highest BCUT2D eigenvalue weighted by Crippen LogP contribution is 2.21. The van der Waals surface area contributed by atoms with Crippen molar-refractivity contribution in [2.45, 2.75) is 46.2 Å². The van der Waals surface area contributed by atoms with Crippen LogP contribution in [0.1, 0.15) is 39.2 Å². The second-order valence-corrected chi connectivity index (χ2v) is 6.48. The maximum absolute atomic E-state index is 5.95. The number of halogens is 2. The van der Waals surface area contributed by atoms with Gasteiger partial charge in [0.05, 0.1) is 0 Å². The molecule has 0 aromatic heterocycles. The number of hydrogen-bond donors (Lipinski definition) is 1. The molecule has 1 rings (SSSR count). The molecular formula is C16H26BrClN2. The third kappa shape index (κ3) is 6.57. The molecule has 20 heavy (non-hydrogen) atoms. The molecule has 0 aliphatic heterocycles. The highest BCUT2D eigenvalue weighted by Gasteiger charge is 2.06. The Hall–Kier alpha value is -0.0900. The first-order valence-corrected chi connectivity index (χ1v) is 8.63. The summed E-state index contributed by atoms with van der Waals surface area (Å²) in [6, 6.07) is 6.49. The second-order valence-electron chi connectivity index (χ2n) is 5.19. The summed E-state index contributed by atoms with van der Waals surface area (Å²) in [6.07, 6.45) is 2.46. The highest BCUT2D eigenvalue weighted by molar-refractivity contribution is 9.10. The molecule has 0 saturated heterocycles. The maximum atomic E-state index is 5.95. The quantitative estimate of drug-likeness (QED) is 0.685. The Morgan fingerprint density at radius 3 is 2.60 bits per heavy atom. The van der Waals surface area contributed by atoms with Gasteiger partial charge in [0, 0.05) is 22.1 Å². The lowest BCUT2D eigenvalue weighted by Gasteiger charge is -2.20. The average Bonchev–Trinajstić information content (AvgIpc) is 2.42. The molecule has 2 nitrogen and oxygen atoms in total. The third-order valence-electron chi connectivity index (χ3n) is 3.66. The van der Waals surface area contributed by atoms with Crippen LogP contribution in [0.4, 0.5) is 0 Å². The molecular weight excluding hydrogens is 336 g/mol. The summed E-state index contributed by atoms with van der Waals surface area (Å²) in [4.78, 5) is 2.47. The van der Waals surface area contributed by atoms with E-state index in [-0.39, 0.29) is 0 Å². The minimum absolute atomic E-state index is 0.535. The van der Waals surface area contributed by atoms with Crippen molar-refractivity contribution in [1.29, 1.82) is 0 Å². The summed E-state index contributed by atoms with van der Waals surface area (Å²) in [7, 11) is 0. The number of rotatable bonds is 9. The van der Waals surface area contributed by atoms with E-state index in [1.54, 1.807) is 0 Å². The van der Waals surface area contributed by atoms with Crippen molar-refractivity contribution in [3.05, 3.63) is 33.3 Å². The summed E-state index contributed by atoms with van der Waals surface area (Å²) >= 11 is 9.51. The van der Waals surface area contributed by atoms with Crippen molar-refractivity contribution in [3.8, 4) is 0 Å². The molecule has 1 atom stereocenters. The molecule has 0 amide bonds. The molecule has 1 N–H and O–H groups in total. The Bertz CT molecular complexity index is 394. The Morgan fingerprint density at radius 1 is 1.30 bits per heavy atom. The largest absolute Gasteiger partial charge is 0.310 e. The van der Waals surface area contributed by atoms with Gasteiger partial charge in [-0.15, -0.1) is 0 Å². The Kier molecular flexibility index (Phi) is 8.78. The Balaban J connectivity index is 2.27. The number of benzene rings is 1. The van der Waals surface area contributed by atoms with Crippen LogP contribution in [0.25, 0.3) is 0 Å². The molecule has 0 heterocycles. The summed E-state index contributed by atoms with van der Waals surface area (Å²) < 4.78 is 1.08. The Labute approximate surface area is 137 Å². The molecule has 114 valence electrons. The van der Waals surface area contributed by atoms with Crippen LogP contribution in [0, 0.1) is 0 Å². The van der Waals surface area contributed by atoms with E-state index in [1.165, 1.54) is 24.9 Å². The summed E-state index contributed by atoms with van der Waals surface area (Å²) in [6.45, 7) is 11.1. The maximum Gasteiger partial charge on any atom is 0.0417 e. The van der Waals surface area contributed by atoms with Gasteiger partial charge in [0.2, 0.25) is 0 Å². The van der Waals surface area contributed by atoms with E-state index < -0.39 is 0 Å². The second kappa shape index (κ2) is 9.78. The summed E-state index contributed by atoms with van der Waals surface area (Å²) in [5, 5.41) is 4.35. The van der Waals surface area contributed by atoms with Crippen LogP contribution >= 0.6 is 27.5 Å². The van der Waals surface area contributed by atoms with Crippen LogP contribution in [0.5, 0.6) is 0 Å². The highest BCUT2D eigenvalue weighted by atomic mass is 79.9. The minimum atomic E-state index is 0.535. The minimum Gasteiger partial charge on any atom is -0.310 e. The molecule has 0 spiro atoms. The van der Waals surface area contributed by atoms with Gasteiger partial charge in [0.1, 0.15) is 0 Å². The smallest absolute Gasteiger partial charge is 0.0417 e. The van der Waals surface area contributed by atoms with Gasteiger partial charge in [-0.25, -0.2) is 0 Å². The monoisotopic (exact) mass is 360 g/mol. The van der Waals surface area contributed by atoms with E-state index in [0.717, 1.165) is 29.1 Å². The van der Waals surface area contributed by atoms with Crippen LogP contribution in [0.15, 0.2) is 22.7 Å². The lowest BCUT2D eigenvalue weighted by Crippen LogP contribution is -2.28. The van der Waals surface area contributed by atoms with Gasteiger partial charge in [-0.3, -0.25) is 0 Å². The van der Waals surface area contributed by atoms with Crippen LogP contribution in [0.2, 0.25) is 5.02 Å². The molecule has 0 aliphatic rings. The zero-order valence-corrected chi connectivity index (χ0v) is 15.1. The van der Waals surface area contributed by atoms with Gasteiger partial charge >= 0.3 is 0 Å². The van der Waals surface area contributed by atoms with Crippen LogP contribution in [-0.4, -0.2) is 30.6 Å². The van der Waals surface area contributed by atoms with E-state index in [1.807, 2.05) is 12.1 Å². The van der Waals surface area contributed by atoms with Crippen molar-refractivity contribution in [3.63, 3.8) is 0 Å². The van der Waals surface area contributed by atoms with E-state index in [9.17, 15) is 0 Å². The van der Waals surface area contributed by atoms with Crippen LogP contribution in [0.3, 0.4) is 0 Å². The Morgan fingerprint density at radius 2 is 2.00 bits per heavy atom. The van der Waals surface area contributed by atoms with Gasteiger partial charge in [-0.1, -0.05) is 47.4 Å². The summed E-state index contributed by atoms with van der Waals surface area (Å²) in [5.41, 5.74) is 1.25. The van der Waals surface area contributed by atoms with E-state index in [4.69, 9.17) is 11.6 Å². The van der Waals surface area contributed by atoms with Crippen molar-refractivity contribution in [2.24, 2.45) is 0 Å². The molecule has 1 aromatic carbocycles. The number of nitrogens with one attached hydrogen (secondary N) is 1. The average molecular weight is 362 g/mol. The van der Waals surface area contributed by atoms with Gasteiger partial charge in [0.15, 0.2) is 0 Å². The van der Waals surface area contributed by atoms with Crippen molar-refractivity contribution < 1.29 is 0 Å². The zero-order chi connectivity index (χ0) is 15.0. The molecule has 0 fully saturated rings. The molecule has 0 bridgehead atoms. The standard InChI is InChI=1S/C16H26BrClN2/c1-4-20(5-2)10-6-7-13(3)19-12-14-8-9-15(18)11-16(14)17/h8-9,11,13,19H,4-7,10,12H2,1-3H3. The predicted molar refractivity (Wildman–Crippen MR) is 92.5 cm³/mol. The topological polar surface area (TPSA) is 15.3 Å². The molecule has 1 aromatic rings. The van der Waals surface area contributed by atoms with Crippen molar-refractivity contribution >= 4 is 27.5 Å². The van der Waals surface area contributed by atoms with Crippen molar-refractivity contribution in [1.82, 2.24) is 10.2 Å². The molecule has 0 radical (unpaired) electrons. The van der Waals surface area contributed by atoms with Crippen LogP contribution in [-0.2, 0) is 6.54 Å². The van der Waals surface area contributed by atoms with E-state index in [0.29, 0.717) is 6.04 Å². The molecule has 0 aliphatic carbocycles. The first-order chi connectivity index (χ1) is 9.56. The fraction of sp³-hybridized carbons (Fsp3) is 0.625. The van der Waals surface area contributed by atoms with E-state index in [2.05, 4.69) is 53.0 Å². The van der Waals surface area contributed by atoms with Gasteiger partial charge in [-0.05, 0) is 57.1 Å². The third-order valence-corrected chi connectivity index (χ3v) is 4.64. The van der Waals surface area contributed by atoms with Gasteiger partial charge in [0.25, 0.3) is 0 Å². The number of hydrogen-bond acceptors (Lipinski definition) is 2. The fourth-order valence-corrected chi connectivity index (χ4v) is 3.04. The van der Waals surface area contributed by atoms with Crippen molar-refractivity contribution in [2.75, 3.05) is 19.6 Å². The predicted octanol–water partition coefficient (Wildman–Crippen LogP) is 4.70. The molecule has 4 heteroatoms. The van der Waals surface area contributed by atoms with Crippen LogP contribution < -0.4 is 5.32 Å². The lowest BCUT2D eigenvalue weighted by atomic mass is 10.1. The lowest BCUT2D eigenvalue weighted by molar-refractivity contribution is 0.290. The van der Waals surface area contributed by atoms with Gasteiger partial charge < -0.3 is 10.2 Å². The normalized spacial score (nSPS) is 12.9. The molecule has 1 unspecified atom stereocenters. The SMILES string of the molecule is CCN(CC)CCCC(C)NCc1ccc(Cl)cc1Br. The summed E-state index contributed by atoms with van der Waals surface area (Å²) in [5.74, 6) is 0. The fourth-order valence-electron chi connectivity index (χ4n) is 2.21. The first-order valence-electron chi connectivity index (χ1n) is 7.46. The number of nitrogens with zero attached hydrogens (tertiary/aromatic N) is 1. The molecule has 0 saturated carbocycles. The van der Waals surface area contributed by atoms with Gasteiger partial charge in [-0.2, -0.15) is 0 Å². The first kappa shape index (κ1) is 18.0. The van der Waals surface area contributed by atoms with E-state index >= 15 is 0 Å². The zero-order valence-electron chi connectivity index (χ0n) is 12.8.